The van der Waals surface area contributed by atoms with E-state index in [2.05, 4.69) is 22.5 Å². The van der Waals surface area contributed by atoms with E-state index < -0.39 is 0 Å². The third kappa shape index (κ3) is 2.65. The topological polar surface area (TPSA) is 65.9 Å². The molecule has 0 aromatic rings. The molecule has 0 aromatic heterocycles. The molecule has 1 fully saturated rings. The van der Waals surface area contributed by atoms with Crippen molar-refractivity contribution in [1.82, 2.24) is 10.6 Å². The van der Waals surface area contributed by atoms with Gasteiger partial charge in [-0.1, -0.05) is 0 Å². The van der Waals surface area contributed by atoms with Crippen LogP contribution >= 0.6 is 0 Å². The van der Waals surface area contributed by atoms with Gasteiger partial charge in [-0.2, -0.15) is 0 Å². The fourth-order valence-corrected chi connectivity index (χ4v) is 2.13. The monoisotopic (exact) mass is 227 g/mol. The Hall–Kier alpha value is -0.810. The van der Waals surface area contributed by atoms with Gasteiger partial charge < -0.3 is 20.5 Å². The van der Waals surface area contributed by atoms with Crippen molar-refractivity contribution in [3.63, 3.8) is 0 Å². The SMILES string of the molecule is CC1CN=C(NCC2(CO)CCOCC2)N1. The molecule has 1 saturated heterocycles. The summed E-state index contributed by atoms with van der Waals surface area (Å²) in [5.74, 6) is 0.867. The maximum Gasteiger partial charge on any atom is 0.191 e. The van der Waals surface area contributed by atoms with E-state index in [0.29, 0.717) is 6.04 Å². The standard InChI is InChI=1S/C11H21N3O2/c1-9-6-12-10(14-9)13-7-11(8-15)2-4-16-5-3-11/h9,15H,2-8H2,1H3,(H2,12,13,14). The van der Waals surface area contributed by atoms with Crippen molar-refractivity contribution >= 4 is 5.96 Å². The van der Waals surface area contributed by atoms with E-state index in [0.717, 1.165) is 45.1 Å². The van der Waals surface area contributed by atoms with Crippen molar-refractivity contribution in [2.45, 2.75) is 25.8 Å². The molecule has 92 valence electrons. The summed E-state index contributed by atoms with van der Waals surface area (Å²) in [5, 5.41) is 16.1. The van der Waals surface area contributed by atoms with E-state index >= 15 is 0 Å². The van der Waals surface area contributed by atoms with Crippen LogP contribution in [0.5, 0.6) is 0 Å². The second kappa shape index (κ2) is 5.01. The molecule has 2 heterocycles. The molecular weight excluding hydrogens is 206 g/mol. The lowest BCUT2D eigenvalue weighted by Gasteiger charge is -2.35. The molecule has 0 radical (unpaired) electrons. The number of aliphatic imine (C=N–C) groups is 1. The van der Waals surface area contributed by atoms with Crippen LogP contribution in [0.1, 0.15) is 19.8 Å². The van der Waals surface area contributed by atoms with Crippen molar-refractivity contribution in [3.8, 4) is 0 Å². The molecule has 3 N–H and O–H groups in total. The maximum atomic E-state index is 9.51. The highest BCUT2D eigenvalue weighted by Gasteiger charge is 2.32. The molecule has 0 spiro atoms. The lowest BCUT2D eigenvalue weighted by atomic mass is 9.81. The summed E-state index contributed by atoms with van der Waals surface area (Å²) in [6.45, 7) is 5.42. The molecule has 0 aromatic carbocycles. The highest BCUT2D eigenvalue weighted by Crippen LogP contribution is 2.28. The van der Waals surface area contributed by atoms with Crippen molar-refractivity contribution in [2.24, 2.45) is 10.4 Å². The summed E-state index contributed by atoms with van der Waals surface area (Å²) in [4.78, 5) is 4.35. The van der Waals surface area contributed by atoms with Crippen molar-refractivity contribution in [2.75, 3.05) is 32.9 Å². The summed E-state index contributed by atoms with van der Waals surface area (Å²) in [5.41, 5.74) is -0.0335. The van der Waals surface area contributed by atoms with Gasteiger partial charge in [-0.05, 0) is 19.8 Å². The summed E-state index contributed by atoms with van der Waals surface area (Å²) in [6, 6.07) is 0.419. The first-order chi connectivity index (χ1) is 7.74. The molecule has 0 amide bonds. The normalized spacial score (nSPS) is 28.4. The van der Waals surface area contributed by atoms with Gasteiger partial charge in [0.25, 0.3) is 0 Å². The molecule has 5 nitrogen and oxygen atoms in total. The van der Waals surface area contributed by atoms with Gasteiger partial charge in [0, 0.05) is 31.2 Å². The average molecular weight is 227 g/mol. The molecule has 2 rings (SSSR count). The van der Waals surface area contributed by atoms with Gasteiger partial charge in [-0.25, -0.2) is 0 Å². The Balaban J connectivity index is 1.82. The van der Waals surface area contributed by atoms with E-state index in [1.165, 1.54) is 0 Å². The first-order valence-corrected chi connectivity index (χ1v) is 5.98. The van der Waals surface area contributed by atoms with Crippen LogP contribution in [0.15, 0.2) is 4.99 Å². The van der Waals surface area contributed by atoms with Gasteiger partial charge in [0.15, 0.2) is 5.96 Å². The minimum absolute atomic E-state index is 0.0335. The third-order valence-corrected chi connectivity index (χ3v) is 3.43. The van der Waals surface area contributed by atoms with E-state index in [9.17, 15) is 5.11 Å². The molecule has 0 bridgehead atoms. The second-order valence-electron chi connectivity index (χ2n) is 4.86. The number of hydrogen-bond donors (Lipinski definition) is 3. The number of aliphatic hydroxyl groups is 1. The number of guanidine groups is 1. The Labute approximate surface area is 96.3 Å². The fraction of sp³-hybridized carbons (Fsp3) is 0.909. The van der Waals surface area contributed by atoms with E-state index in [1.54, 1.807) is 0 Å². The molecule has 2 aliphatic heterocycles. The Morgan fingerprint density at radius 2 is 2.31 bits per heavy atom. The number of nitrogens with zero attached hydrogens (tertiary/aromatic N) is 1. The molecule has 0 saturated carbocycles. The predicted octanol–water partition coefficient (Wildman–Crippen LogP) is -0.287. The smallest absolute Gasteiger partial charge is 0.191 e. The zero-order valence-corrected chi connectivity index (χ0v) is 9.83. The average Bonchev–Trinajstić information content (AvgIpc) is 2.74. The van der Waals surface area contributed by atoms with Crippen LogP contribution in [0.4, 0.5) is 0 Å². The quantitative estimate of drug-likeness (QED) is 0.620. The number of nitrogens with one attached hydrogen (secondary N) is 2. The van der Waals surface area contributed by atoms with E-state index in [1.807, 2.05) is 0 Å². The van der Waals surface area contributed by atoms with Crippen LogP contribution in [0.3, 0.4) is 0 Å². The molecule has 2 aliphatic rings. The van der Waals surface area contributed by atoms with E-state index in [4.69, 9.17) is 4.74 Å². The van der Waals surface area contributed by atoms with Crippen LogP contribution in [-0.4, -0.2) is 50.0 Å². The first-order valence-electron chi connectivity index (χ1n) is 5.98. The van der Waals surface area contributed by atoms with Gasteiger partial charge in [0.2, 0.25) is 0 Å². The predicted molar refractivity (Wildman–Crippen MR) is 62.5 cm³/mol. The van der Waals surface area contributed by atoms with Crippen molar-refractivity contribution in [3.05, 3.63) is 0 Å². The second-order valence-corrected chi connectivity index (χ2v) is 4.86. The first kappa shape index (κ1) is 11.7. The van der Waals surface area contributed by atoms with Crippen LogP contribution in [0.25, 0.3) is 0 Å². The Kier molecular flexibility index (Phi) is 3.66. The lowest BCUT2D eigenvalue weighted by molar-refractivity contribution is -0.0131. The summed E-state index contributed by atoms with van der Waals surface area (Å²) < 4.78 is 5.33. The van der Waals surface area contributed by atoms with Crippen molar-refractivity contribution < 1.29 is 9.84 Å². The van der Waals surface area contributed by atoms with Gasteiger partial charge in [0.05, 0.1) is 13.2 Å². The summed E-state index contributed by atoms with van der Waals surface area (Å²) >= 11 is 0. The lowest BCUT2D eigenvalue weighted by Crippen LogP contribution is -2.47. The van der Waals surface area contributed by atoms with Crippen LogP contribution in [-0.2, 0) is 4.74 Å². The molecule has 16 heavy (non-hydrogen) atoms. The summed E-state index contributed by atoms with van der Waals surface area (Å²) in [6.07, 6.45) is 1.83. The van der Waals surface area contributed by atoms with Gasteiger partial charge in [0.1, 0.15) is 0 Å². The molecule has 5 heteroatoms. The maximum absolute atomic E-state index is 9.51. The minimum Gasteiger partial charge on any atom is -0.396 e. The zero-order chi connectivity index (χ0) is 11.4. The highest BCUT2D eigenvalue weighted by molar-refractivity contribution is 5.81. The molecule has 1 atom stereocenters. The number of hydrogen-bond acceptors (Lipinski definition) is 5. The Morgan fingerprint density at radius 3 is 2.88 bits per heavy atom. The molecule has 0 aliphatic carbocycles. The minimum atomic E-state index is -0.0335. The number of aliphatic hydroxyl groups excluding tert-OH is 1. The Bertz CT molecular complexity index is 262. The van der Waals surface area contributed by atoms with Crippen molar-refractivity contribution in [1.29, 1.82) is 0 Å². The van der Waals surface area contributed by atoms with E-state index in [-0.39, 0.29) is 12.0 Å². The highest BCUT2D eigenvalue weighted by atomic mass is 16.5. The van der Waals surface area contributed by atoms with Gasteiger partial charge in [-0.3, -0.25) is 4.99 Å². The van der Waals surface area contributed by atoms with Crippen LogP contribution in [0, 0.1) is 5.41 Å². The largest absolute Gasteiger partial charge is 0.396 e. The molecular formula is C11H21N3O2. The fourth-order valence-electron chi connectivity index (χ4n) is 2.13. The number of rotatable bonds is 3. The zero-order valence-electron chi connectivity index (χ0n) is 9.83. The Morgan fingerprint density at radius 1 is 1.56 bits per heavy atom. The van der Waals surface area contributed by atoms with Gasteiger partial charge >= 0.3 is 0 Å². The van der Waals surface area contributed by atoms with Crippen LogP contribution in [0.2, 0.25) is 0 Å². The van der Waals surface area contributed by atoms with Crippen LogP contribution < -0.4 is 10.6 Å². The van der Waals surface area contributed by atoms with Gasteiger partial charge in [-0.15, -0.1) is 0 Å². The third-order valence-electron chi connectivity index (χ3n) is 3.43. The number of ether oxygens (including phenoxy) is 1. The summed E-state index contributed by atoms with van der Waals surface area (Å²) in [7, 11) is 0. The molecule has 1 unspecified atom stereocenters.